The first-order chi connectivity index (χ1) is 7.74. The van der Waals surface area contributed by atoms with E-state index in [-0.39, 0.29) is 12.2 Å². The largest absolute Gasteiger partial charge is 0.392 e. The Morgan fingerprint density at radius 2 is 2.25 bits per heavy atom. The summed E-state index contributed by atoms with van der Waals surface area (Å²) in [5.41, 5.74) is 2.65. The van der Waals surface area contributed by atoms with Crippen molar-refractivity contribution in [1.29, 1.82) is 0 Å². The van der Waals surface area contributed by atoms with Crippen LogP contribution in [0.15, 0.2) is 23.0 Å². The minimum Gasteiger partial charge on any atom is -0.392 e. The van der Waals surface area contributed by atoms with Gasteiger partial charge in [-0.3, -0.25) is 4.79 Å². The SMILES string of the molecule is CCCc1nc2ccc(CO)cc2[nH]c1=O. The molecule has 0 spiro atoms. The summed E-state index contributed by atoms with van der Waals surface area (Å²) >= 11 is 0. The Labute approximate surface area is 93.0 Å². The lowest BCUT2D eigenvalue weighted by Gasteiger charge is -2.02. The van der Waals surface area contributed by atoms with Gasteiger partial charge in [-0.15, -0.1) is 0 Å². The van der Waals surface area contributed by atoms with E-state index in [1.165, 1.54) is 0 Å². The zero-order valence-corrected chi connectivity index (χ0v) is 9.16. The molecule has 0 fully saturated rings. The fourth-order valence-corrected chi connectivity index (χ4v) is 1.68. The summed E-state index contributed by atoms with van der Waals surface area (Å²) in [6, 6.07) is 5.37. The van der Waals surface area contributed by atoms with Crippen LogP contribution in [0.2, 0.25) is 0 Å². The molecule has 0 aliphatic carbocycles. The van der Waals surface area contributed by atoms with E-state index in [9.17, 15) is 4.79 Å². The molecular formula is C12H14N2O2. The molecule has 4 heteroatoms. The lowest BCUT2D eigenvalue weighted by atomic mass is 10.2. The Balaban J connectivity index is 2.59. The summed E-state index contributed by atoms with van der Waals surface area (Å²) in [4.78, 5) is 18.7. The number of hydrogen-bond acceptors (Lipinski definition) is 3. The molecule has 2 rings (SSSR count). The van der Waals surface area contributed by atoms with Gasteiger partial charge in [0, 0.05) is 0 Å². The van der Waals surface area contributed by atoms with Crippen LogP contribution < -0.4 is 5.56 Å². The summed E-state index contributed by atoms with van der Waals surface area (Å²) in [5, 5.41) is 8.99. The predicted octanol–water partition coefficient (Wildman–Crippen LogP) is 1.37. The monoisotopic (exact) mass is 218 g/mol. The van der Waals surface area contributed by atoms with Gasteiger partial charge in [-0.1, -0.05) is 19.4 Å². The average Bonchev–Trinajstić information content (AvgIpc) is 2.30. The molecule has 0 amide bonds. The van der Waals surface area contributed by atoms with Gasteiger partial charge < -0.3 is 10.1 Å². The number of benzene rings is 1. The number of nitrogens with one attached hydrogen (secondary N) is 1. The number of fused-ring (bicyclic) bond motifs is 1. The smallest absolute Gasteiger partial charge is 0.270 e. The summed E-state index contributed by atoms with van der Waals surface area (Å²) < 4.78 is 0. The van der Waals surface area contributed by atoms with Gasteiger partial charge in [0.1, 0.15) is 5.69 Å². The van der Waals surface area contributed by atoms with E-state index in [1.54, 1.807) is 6.07 Å². The molecule has 0 aliphatic rings. The first kappa shape index (κ1) is 10.8. The highest BCUT2D eigenvalue weighted by atomic mass is 16.3. The molecule has 0 radical (unpaired) electrons. The van der Waals surface area contributed by atoms with Crippen molar-refractivity contribution in [2.45, 2.75) is 26.4 Å². The molecule has 0 aliphatic heterocycles. The zero-order chi connectivity index (χ0) is 11.5. The van der Waals surface area contributed by atoms with Gasteiger partial charge in [0.05, 0.1) is 17.6 Å². The van der Waals surface area contributed by atoms with Crippen LogP contribution in [0.4, 0.5) is 0 Å². The molecule has 0 unspecified atom stereocenters. The number of H-pyrrole nitrogens is 1. The second kappa shape index (κ2) is 4.45. The molecule has 1 aromatic carbocycles. The van der Waals surface area contributed by atoms with Crippen LogP contribution in [0.25, 0.3) is 11.0 Å². The average molecular weight is 218 g/mol. The quantitative estimate of drug-likeness (QED) is 0.817. The standard InChI is InChI=1S/C12H14N2O2/c1-2-3-10-12(16)14-11-6-8(7-15)4-5-9(11)13-10/h4-6,15H,2-3,7H2,1H3,(H,14,16). The van der Waals surface area contributed by atoms with Crippen molar-refractivity contribution in [3.05, 3.63) is 39.8 Å². The van der Waals surface area contributed by atoms with Crippen LogP contribution in [-0.4, -0.2) is 15.1 Å². The summed E-state index contributed by atoms with van der Waals surface area (Å²) in [5.74, 6) is 0. The third-order valence-electron chi connectivity index (χ3n) is 2.50. The number of aliphatic hydroxyl groups is 1. The van der Waals surface area contributed by atoms with Crippen LogP contribution in [0.5, 0.6) is 0 Å². The Morgan fingerprint density at radius 1 is 1.44 bits per heavy atom. The second-order valence-electron chi connectivity index (χ2n) is 3.77. The highest BCUT2D eigenvalue weighted by Crippen LogP contribution is 2.11. The Bertz CT molecular complexity index is 560. The number of hydrogen-bond donors (Lipinski definition) is 2. The number of aromatic nitrogens is 2. The molecule has 16 heavy (non-hydrogen) atoms. The Morgan fingerprint density at radius 3 is 2.94 bits per heavy atom. The maximum absolute atomic E-state index is 11.6. The minimum atomic E-state index is -0.135. The van der Waals surface area contributed by atoms with Crippen molar-refractivity contribution in [3.8, 4) is 0 Å². The van der Waals surface area contributed by atoms with Gasteiger partial charge in [0.15, 0.2) is 0 Å². The number of nitrogens with zero attached hydrogens (tertiary/aromatic N) is 1. The van der Waals surface area contributed by atoms with Crippen molar-refractivity contribution < 1.29 is 5.11 Å². The first-order valence-corrected chi connectivity index (χ1v) is 5.37. The molecular weight excluding hydrogens is 204 g/mol. The second-order valence-corrected chi connectivity index (χ2v) is 3.77. The van der Waals surface area contributed by atoms with Gasteiger partial charge in [-0.2, -0.15) is 0 Å². The molecule has 1 heterocycles. The summed E-state index contributed by atoms with van der Waals surface area (Å²) in [7, 11) is 0. The highest BCUT2D eigenvalue weighted by Gasteiger charge is 2.04. The van der Waals surface area contributed by atoms with Crippen molar-refractivity contribution in [1.82, 2.24) is 9.97 Å². The maximum Gasteiger partial charge on any atom is 0.270 e. The number of aromatic amines is 1. The molecule has 0 bridgehead atoms. The van der Waals surface area contributed by atoms with E-state index in [0.29, 0.717) is 17.6 Å². The minimum absolute atomic E-state index is 0.0331. The van der Waals surface area contributed by atoms with Crippen molar-refractivity contribution in [2.75, 3.05) is 0 Å². The van der Waals surface area contributed by atoms with Crippen molar-refractivity contribution in [3.63, 3.8) is 0 Å². The molecule has 0 saturated heterocycles. The molecule has 2 N–H and O–H groups in total. The third-order valence-corrected chi connectivity index (χ3v) is 2.50. The van der Waals surface area contributed by atoms with Gasteiger partial charge in [-0.25, -0.2) is 4.98 Å². The fraction of sp³-hybridized carbons (Fsp3) is 0.333. The molecule has 0 saturated carbocycles. The number of aryl methyl sites for hydroxylation is 1. The molecule has 2 aromatic rings. The lowest BCUT2D eigenvalue weighted by Crippen LogP contribution is -2.14. The summed E-state index contributed by atoms with van der Waals surface area (Å²) in [6.45, 7) is 1.98. The number of rotatable bonds is 3. The van der Waals surface area contributed by atoms with Crippen LogP contribution in [0.3, 0.4) is 0 Å². The molecule has 0 atom stereocenters. The maximum atomic E-state index is 11.6. The molecule has 4 nitrogen and oxygen atoms in total. The van der Waals surface area contributed by atoms with E-state index < -0.39 is 0 Å². The van der Waals surface area contributed by atoms with Crippen molar-refractivity contribution in [2.24, 2.45) is 0 Å². The highest BCUT2D eigenvalue weighted by molar-refractivity contribution is 5.74. The third kappa shape index (κ3) is 1.97. The van der Waals surface area contributed by atoms with Crippen LogP contribution in [-0.2, 0) is 13.0 Å². The van der Waals surface area contributed by atoms with Crippen molar-refractivity contribution >= 4 is 11.0 Å². The predicted molar refractivity (Wildman–Crippen MR) is 62.3 cm³/mol. The number of aliphatic hydroxyl groups excluding tert-OH is 1. The molecule has 84 valence electrons. The first-order valence-electron chi connectivity index (χ1n) is 5.37. The Hall–Kier alpha value is -1.68. The topological polar surface area (TPSA) is 66.0 Å². The van der Waals surface area contributed by atoms with E-state index in [4.69, 9.17) is 5.11 Å². The Kier molecular flexibility index (Phi) is 3.01. The van der Waals surface area contributed by atoms with Gasteiger partial charge in [-0.05, 0) is 24.1 Å². The van der Waals surface area contributed by atoms with Crippen LogP contribution in [0.1, 0.15) is 24.6 Å². The normalized spacial score (nSPS) is 10.9. The zero-order valence-electron chi connectivity index (χ0n) is 9.16. The molecule has 1 aromatic heterocycles. The van der Waals surface area contributed by atoms with Gasteiger partial charge >= 0.3 is 0 Å². The summed E-state index contributed by atoms with van der Waals surface area (Å²) in [6.07, 6.45) is 1.59. The van der Waals surface area contributed by atoms with Gasteiger partial charge in [0.25, 0.3) is 5.56 Å². The van der Waals surface area contributed by atoms with Crippen LogP contribution >= 0.6 is 0 Å². The fourth-order valence-electron chi connectivity index (χ4n) is 1.68. The van der Waals surface area contributed by atoms with E-state index in [1.807, 2.05) is 19.1 Å². The van der Waals surface area contributed by atoms with Crippen LogP contribution in [0, 0.1) is 0 Å². The van der Waals surface area contributed by atoms with E-state index in [2.05, 4.69) is 9.97 Å². The van der Waals surface area contributed by atoms with Gasteiger partial charge in [0.2, 0.25) is 0 Å². The van der Waals surface area contributed by atoms with E-state index >= 15 is 0 Å². The lowest BCUT2D eigenvalue weighted by molar-refractivity contribution is 0.282. The van der Waals surface area contributed by atoms with E-state index in [0.717, 1.165) is 17.5 Å².